The SMILES string of the molecule is NC(=O)c1cn[nH]c1[C@H]1CCCN(Cc2ccc(-c3cccc([N+](=O)[O-])c3)o2)C1. The third-order valence-corrected chi connectivity index (χ3v) is 5.23. The Hall–Kier alpha value is -3.46. The molecule has 29 heavy (non-hydrogen) atoms. The zero-order valence-electron chi connectivity index (χ0n) is 15.7. The van der Waals surface area contributed by atoms with Crippen molar-refractivity contribution >= 4 is 11.6 Å². The maximum atomic E-state index is 11.6. The highest BCUT2D eigenvalue weighted by Crippen LogP contribution is 2.30. The van der Waals surface area contributed by atoms with Crippen LogP contribution in [0.1, 0.15) is 40.6 Å². The number of aromatic nitrogens is 2. The van der Waals surface area contributed by atoms with E-state index in [1.165, 1.54) is 18.3 Å². The van der Waals surface area contributed by atoms with Crippen LogP contribution in [0.25, 0.3) is 11.3 Å². The summed E-state index contributed by atoms with van der Waals surface area (Å²) in [7, 11) is 0. The first kappa shape index (κ1) is 18.9. The number of likely N-dealkylation sites (tertiary alicyclic amines) is 1. The number of carbonyl (C=O) groups is 1. The van der Waals surface area contributed by atoms with Gasteiger partial charge in [0.25, 0.3) is 11.6 Å². The number of amides is 1. The Morgan fingerprint density at radius 1 is 1.38 bits per heavy atom. The second kappa shape index (κ2) is 7.88. The summed E-state index contributed by atoms with van der Waals surface area (Å²) in [5.41, 5.74) is 7.38. The molecule has 1 atom stereocenters. The second-order valence-corrected chi connectivity index (χ2v) is 7.21. The van der Waals surface area contributed by atoms with Gasteiger partial charge in [0.05, 0.1) is 28.9 Å². The topological polar surface area (TPSA) is 131 Å². The van der Waals surface area contributed by atoms with Gasteiger partial charge in [-0.1, -0.05) is 12.1 Å². The third-order valence-electron chi connectivity index (χ3n) is 5.23. The first-order valence-electron chi connectivity index (χ1n) is 9.40. The van der Waals surface area contributed by atoms with Gasteiger partial charge in [-0.05, 0) is 31.5 Å². The van der Waals surface area contributed by atoms with Crippen LogP contribution >= 0.6 is 0 Å². The number of nitro groups is 1. The molecule has 1 fully saturated rings. The smallest absolute Gasteiger partial charge is 0.270 e. The van der Waals surface area contributed by atoms with E-state index in [0.717, 1.165) is 37.4 Å². The van der Waals surface area contributed by atoms with E-state index in [2.05, 4.69) is 15.1 Å². The minimum atomic E-state index is -0.474. The zero-order valence-corrected chi connectivity index (χ0v) is 15.7. The molecule has 2 aromatic heterocycles. The summed E-state index contributed by atoms with van der Waals surface area (Å²) in [4.78, 5) is 24.4. The van der Waals surface area contributed by atoms with Crippen LogP contribution in [0, 0.1) is 10.1 Å². The summed E-state index contributed by atoms with van der Waals surface area (Å²) in [6.45, 7) is 2.30. The first-order chi connectivity index (χ1) is 14.0. The van der Waals surface area contributed by atoms with Crippen LogP contribution in [-0.4, -0.2) is 39.0 Å². The number of nitro benzene ring substituents is 1. The van der Waals surface area contributed by atoms with E-state index in [0.29, 0.717) is 23.4 Å². The van der Waals surface area contributed by atoms with Crippen LogP contribution in [0.5, 0.6) is 0 Å². The molecular formula is C20H21N5O4. The number of piperidine rings is 1. The Balaban J connectivity index is 1.46. The van der Waals surface area contributed by atoms with Crippen LogP contribution in [0.3, 0.4) is 0 Å². The van der Waals surface area contributed by atoms with E-state index < -0.39 is 10.8 Å². The summed E-state index contributed by atoms with van der Waals surface area (Å²) in [5, 5.41) is 17.9. The number of hydrogen-bond acceptors (Lipinski definition) is 6. The fourth-order valence-corrected chi connectivity index (χ4v) is 3.85. The van der Waals surface area contributed by atoms with Crippen molar-refractivity contribution in [2.24, 2.45) is 5.73 Å². The Morgan fingerprint density at radius 2 is 2.24 bits per heavy atom. The molecule has 3 heterocycles. The van der Waals surface area contributed by atoms with Gasteiger partial charge in [0.1, 0.15) is 11.5 Å². The number of primary amides is 1. The fourth-order valence-electron chi connectivity index (χ4n) is 3.85. The number of furan rings is 1. The quantitative estimate of drug-likeness (QED) is 0.487. The van der Waals surface area contributed by atoms with Crippen LogP contribution < -0.4 is 5.73 Å². The van der Waals surface area contributed by atoms with Crippen molar-refractivity contribution in [1.29, 1.82) is 0 Å². The molecular weight excluding hydrogens is 374 g/mol. The zero-order chi connectivity index (χ0) is 20.4. The Labute approximate surface area is 166 Å². The number of nitrogens with one attached hydrogen (secondary N) is 1. The molecule has 1 aliphatic rings. The van der Waals surface area contributed by atoms with E-state index in [1.54, 1.807) is 12.1 Å². The van der Waals surface area contributed by atoms with Crippen LogP contribution in [0.15, 0.2) is 47.0 Å². The molecule has 1 saturated heterocycles. The van der Waals surface area contributed by atoms with E-state index in [4.69, 9.17) is 10.2 Å². The molecule has 3 aromatic rings. The van der Waals surface area contributed by atoms with E-state index >= 15 is 0 Å². The van der Waals surface area contributed by atoms with Gasteiger partial charge < -0.3 is 10.2 Å². The van der Waals surface area contributed by atoms with Crippen LogP contribution in [-0.2, 0) is 6.54 Å². The predicted molar refractivity (Wildman–Crippen MR) is 105 cm³/mol. The molecule has 1 aliphatic heterocycles. The van der Waals surface area contributed by atoms with Crippen LogP contribution in [0.2, 0.25) is 0 Å². The summed E-state index contributed by atoms with van der Waals surface area (Å²) in [5.74, 6) is 1.06. The number of carbonyl (C=O) groups excluding carboxylic acids is 1. The number of nitrogens with two attached hydrogens (primary N) is 1. The Morgan fingerprint density at radius 3 is 3.03 bits per heavy atom. The number of nitrogens with zero attached hydrogens (tertiary/aromatic N) is 3. The van der Waals surface area contributed by atoms with Crippen molar-refractivity contribution in [3.8, 4) is 11.3 Å². The average Bonchev–Trinajstić information content (AvgIpc) is 3.38. The minimum Gasteiger partial charge on any atom is -0.460 e. The highest BCUT2D eigenvalue weighted by Gasteiger charge is 2.26. The number of rotatable bonds is 6. The van der Waals surface area contributed by atoms with E-state index in [-0.39, 0.29) is 11.6 Å². The molecule has 1 aromatic carbocycles. The summed E-state index contributed by atoms with van der Waals surface area (Å²) < 4.78 is 5.94. The molecule has 0 spiro atoms. The summed E-state index contributed by atoms with van der Waals surface area (Å²) in [6, 6.07) is 10.1. The van der Waals surface area contributed by atoms with Gasteiger partial charge >= 0.3 is 0 Å². The van der Waals surface area contributed by atoms with Gasteiger partial charge in [-0.2, -0.15) is 5.10 Å². The van der Waals surface area contributed by atoms with Crippen LogP contribution in [0.4, 0.5) is 5.69 Å². The molecule has 0 saturated carbocycles. The van der Waals surface area contributed by atoms with Gasteiger partial charge in [-0.3, -0.25) is 24.9 Å². The lowest BCUT2D eigenvalue weighted by atomic mass is 9.92. The lowest BCUT2D eigenvalue weighted by molar-refractivity contribution is -0.384. The first-order valence-corrected chi connectivity index (χ1v) is 9.40. The molecule has 0 radical (unpaired) electrons. The maximum absolute atomic E-state index is 11.6. The van der Waals surface area contributed by atoms with Gasteiger partial charge in [0.2, 0.25) is 0 Å². The number of hydrogen-bond donors (Lipinski definition) is 2. The molecule has 0 aliphatic carbocycles. The van der Waals surface area contributed by atoms with Gasteiger partial charge in [0.15, 0.2) is 0 Å². The molecule has 9 nitrogen and oxygen atoms in total. The maximum Gasteiger partial charge on any atom is 0.270 e. The Kier molecular flexibility index (Phi) is 5.13. The van der Waals surface area contributed by atoms with E-state index in [1.807, 2.05) is 12.1 Å². The normalized spacial score (nSPS) is 17.3. The van der Waals surface area contributed by atoms with Crippen molar-refractivity contribution in [2.75, 3.05) is 13.1 Å². The fraction of sp³-hybridized carbons (Fsp3) is 0.300. The van der Waals surface area contributed by atoms with Crippen molar-refractivity contribution in [3.05, 3.63) is 69.7 Å². The Bertz CT molecular complexity index is 1040. The number of benzene rings is 1. The van der Waals surface area contributed by atoms with Gasteiger partial charge in [-0.25, -0.2) is 0 Å². The molecule has 150 valence electrons. The lowest BCUT2D eigenvalue weighted by Gasteiger charge is -2.31. The summed E-state index contributed by atoms with van der Waals surface area (Å²) in [6.07, 6.45) is 3.42. The number of H-pyrrole nitrogens is 1. The monoisotopic (exact) mass is 395 g/mol. The van der Waals surface area contributed by atoms with Crippen molar-refractivity contribution in [1.82, 2.24) is 15.1 Å². The van der Waals surface area contributed by atoms with Crippen molar-refractivity contribution < 1.29 is 14.1 Å². The molecule has 9 heteroatoms. The molecule has 0 unspecified atom stereocenters. The highest BCUT2D eigenvalue weighted by atomic mass is 16.6. The molecule has 3 N–H and O–H groups in total. The summed E-state index contributed by atoms with van der Waals surface area (Å²) >= 11 is 0. The van der Waals surface area contributed by atoms with E-state index in [9.17, 15) is 14.9 Å². The molecule has 4 rings (SSSR count). The van der Waals surface area contributed by atoms with Crippen molar-refractivity contribution in [3.63, 3.8) is 0 Å². The molecule has 1 amide bonds. The second-order valence-electron chi connectivity index (χ2n) is 7.21. The number of non-ortho nitro benzene ring substituents is 1. The van der Waals surface area contributed by atoms with Gasteiger partial charge in [-0.15, -0.1) is 0 Å². The lowest BCUT2D eigenvalue weighted by Crippen LogP contribution is -2.34. The average molecular weight is 395 g/mol. The van der Waals surface area contributed by atoms with Crippen molar-refractivity contribution in [2.45, 2.75) is 25.3 Å². The minimum absolute atomic E-state index is 0.0316. The molecule has 0 bridgehead atoms. The van der Waals surface area contributed by atoms with Gasteiger partial charge in [0, 0.05) is 30.2 Å². The third kappa shape index (κ3) is 4.04. The predicted octanol–water partition coefficient (Wildman–Crippen LogP) is 3.06. The number of aromatic amines is 1. The largest absolute Gasteiger partial charge is 0.460 e. The standard InChI is InChI=1S/C20H21N5O4/c21-20(26)17-10-22-23-19(17)14-4-2-8-24(11-14)12-16-6-7-18(29-16)13-3-1-5-15(9-13)25(27)28/h1,3,5-7,9-10,14H,2,4,8,11-12H2,(H2,21,26)(H,22,23)/t14-/m0/s1. The highest BCUT2D eigenvalue weighted by molar-refractivity contribution is 5.93.